The lowest BCUT2D eigenvalue weighted by Crippen LogP contribution is -2.23. The molecule has 0 atom stereocenters. The van der Waals surface area contributed by atoms with E-state index in [-0.39, 0.29) is 11.7 Å². The SMILES string of the molecule is Cc1cnccc1CNC(=O)c1ccc(I)c(O)c1. The van der Waals surface area contributed by atoms with E-state index in [0.29, 0.717) is 12.1 Å². The lowest BCUT2D eigenvalue weighted by molar-refractivity contribution is 0.0950. The van der Waals surface area contributed by atoms with E-state index < -0.39 is 0 Å². The minimum absolute atomic E-state index is 0.119. The molecule has 0 saturated heterocycles. The maximum Gasteiger partial charge on any atom is 0.251 e. The van der Waals surface area contributed by atoms with Crippen molar-refractivity contribution in [1.82, 2.24) is 10.3 Å². The Hall–Kier alpha value is -1.63. The number of aryl methyl sites for hydroxylation is 1. The minimum Gasteiger partial charge on any atom is -0.507 e. The number of aromatic hydroxyl groups is 1. The summed E-state index contributed by atoms with van der Waals surface area (Å²) in [6, 6.07) is 6.75. The van der Waals surface area contributed by atoms with E-state index in [2.05, 4.69) is 10.3 Å². The van der Waals surface area contributed by atoms with Crippen LogP contribution in [0.2, 0.25) is 0 Å². The summed E-state index contributed by atoms with van der Waals surface area (Å²) >= 11 is 2.01. The fourth-order valence-electron chi connectivity index (χ4n) is 1.63. The van der Waals surface area contributed by atoms with E-state index in [1.54, 1.807) is 24.5 Å². The van der Waals surface area contributed by atoms with Crippen molar-refractivity contribution in [2.45, 2.75) is 13.5 Å². The van der Waals surface area contributed by atoms with Crippen LogP contribution >= 0.6 is 22.6 Å². The molecule has 1 aromatic carbocycles. The maximum absolute atomic E-state index is 12.0. The molecule has 0 radical (unpaired) electrons. The summed E-state index contributed by atoms with van der Waals surface area (Å²) in [4.78, 5) is 16.0. The first-order chi connectivity index (χ1) is 9.08. The van der Waals surface area contributed by atoms with Crippen molar-refractivity contribution in [3.63, 3.8) is 0 Å². The molecule has 0 spiro atoms. The molecule has 2 aromatic rings. The molecule has 0 aliphatic heterocycles. The van der Waals surface area contributed by atoms with Crippen molar-refractivity contribution in [2.75, 3.05) is 0 Å². The van der Waals surface area contributed by atoms with E-state index in [1.807, 2.05) is 35.6 Å². The van der Waals surface area contributed by atoms with Crippen molar-refractivity contribution in [1.29, 1.82) is 0 Å². The number of phenols is 1. The third-order valence-electron chi connectivity index (χ3n) is 2.78. The number of phenolic OH excluding ortho intramolecular Hbond substituents is 1. The average Bonchev–Trinajstić information content (AvgIpc) is 2.40. The number of nitrogens with one attached hydrogen (secondary N) is 1. The second kappa shape index (κ2) is 6.01. The number of hydrogen-bond acceptors (Lipinski definition) is 3. The highest BCUT2D eigenvalue weighted by molar-refractivity contribution is 14.1. The Morgan fingerprint density at radius 2 is 2.21 bits per heavy atom. The lowest BCUT2D eigenvalue weighted by atomic mass is 10.1. The van der Waals surface area contributed by atoms with Gasteiger partial charge in [0.25, 0.3) is 5.91 Å². The van der Waals surface area contributed by atoms with Gasteiger partial charge in [0.2, 0.25) is 0 Å². The Morgan fingerprint density at radius 1 is 1.42 bits per heavy atom. The smallest absolute Gasteiger partial charge is 0.251 e. The third-order valence-corrected chi connectivity index (χ3v) is 3.70. The monoisotopic (exact) mass is 368 g/mol. The lowest BCUT2D eigenvalue weighted by Gasteiger charge is -2.08. The van der Waals surface area contributed by atoms with Gasteiger partial charge >= 0.3 is 0 Å². The number of halogens is 1. The van der Waals surface area contributed by atoms with Gasteiger partial charge in [-0.25, -0.2) is 0 Å². The van der Waals surface area contributed by atoms with E-state index in [9.17, 15) is 9.90 Å². The Kier molecular flexibility index (Phi) is 4.36. The molecule has 1 amide bonds. The number of hydrogen-bond donors (Lipinski definition) is 2. The second-order valence-electron chi connectivity index (χ2n) is 4.15. The molecule has 0 aliphatic carbocycles. The molecule has 5 heteroatoms. The molecule has 2 N–H and O–H groups in total. The second-order valence-corrected chi connectivity index (χ2v) is 5.31. The molecule has 19 heavy (non-hydrogen) atoms. The van der Waals surface area contributed by atoms with Crippen LogP contribution in [0.1, 0.15) is 21.5 Å². The van der Waals surface area contributed by atoms with Crippen molar-refractivity contribution in [3.8, 4) is 5.75 Å². The van der Waals surface area contributed by atoms with E-state index in [4.69, 9.17) is 0 Å². The zero-order valence-corrected chi connectivity index (χ0v) is 12.5. The highest BCUT2D eigenvalue weighted by atomic mass is 127. The summed E-state index contributed by atoms with van der Waals surface area (Å²) in [5.74, 6) is -0.0868. The fraction of sp³-hybridized carbons (Fsp3) is 0.143. The summed E-state index contributed by atoms with van der Waals surface area (Å²) in [7, 11) is 0. The quantitative estimate of drug-likeness (QED) is 0.819. The van der Waals surface area contributed by atoms with Gasteiger partial charge in [-0.05, 0) is 64.9 Å². The van der Waals surface area contributed by atoms with E-state index >= 15 is 0 Å². The zero-order valence-electron chi connectivity index (χ0n) is 10.4. The van der Waals surface area contributed by atoms with Gasteiger partial charge in [0.05, 0.1) is 3.57 Å². The number of nitrogens with zero attached hydrogens (tertiary/aromatic N) is 1. The van der Waals surface area contributed by atoms with Crippen LogP contribution in [0.5, 0.6) is 5.75 Å². The first kappa shape index (κ1) is 13.8. The van der Waals surface area contributed by atoms with Gasteiger partial charge in [0, 0.05) is 24.5 Å². The third kappa shape index (κ3) is 3.44. The zero-order chi connectivity index (χ0) is 13.8. The predicted molar refractivity (Wildman–Crippen MR) is 81.0 cm³/mol. The number of carbonyl (C=O) groups excluding carboxylic acids is 1. The van der Waals surface area contributed by atoms with Crippen LogP contribution in [0.15, 0.2) is 36.7 Å². The van der Waals surface area contributed by atoms with Crippen molar-refractivity contribution in [3.05, 3.63) is 56.9 Å². The molecule has 1 heterocycles. The maximum atomic E-state index is 12.0. The molecule has 0 aliphatic rings. The molecular weight excluding hydrogens is 355 g/mol. The number of aromatic nitrogens is 1. The van der Waals surface area contributed by atoms with Gasteiger partial charge in [-0.15, -0.1) is 0 Å². The summed E-state index contributed by atoms with van der Waals surface area (Å²) in [6.45, 7) is 2.39. The van der Waals surface area contributed by atoms with Crippen LogP contribution in [0, 0.1) is 10.5 Å². The van der Waals surface area contributed by atoms with Gasteiger partial charge in [-0.3, -0.25) is 9.78 Å². The van der Waals surface area contributed by atoms with Gasteiger partial charge in [-0.2, -0.15) is 0 Å². The van der Waals surface area contributed by atoms with Crippen molar-refractivity contribution in [2.24, 2.45) is 0 Å². The Balaban J connectivity index is 2.05. The van der Waals surface area contributed by atoms with Crippen LogP contribution in [0.25, 0.3) is 0 Å². The van der Waals surface area contributed by atoms with Gasteiger partial charge in [0.1, 0.15) is 5.75 Å². The Labute approximate surface area is 125 Å². The first-order valence-corrected chi connectivity index (χ1v) is 6.82. The molecule has 1 aromatic heterocycles. The number of amides is 1. The normalized spacial score (nSPS) is 10.2. The summed E-state index contributed by atoms with van der Waals surface area (Å²) in [5, 5.41) is 12.4. The number of benzene rings is 1. The largest absolute Gasteiger partial charge is 0.507 e. The standard InChI is InChI=1S/C14H13IN2O2/c1-9-7-16-5-4-11(9)8-17-14(19)10-2-3-12(15)13(18)6-10/h2-7,18H,8H2,1H3,(H,17,19). The average molecular weight is 368 g/mol. The van der Waals surface area contributed by atoms with Crippen LogP contribution < -0.4 is 5.32 Å². The highest BCUT2D eigenvalue weighted by Gasteiger charge is 2.08. The molecule has 0 saturated carbocycles. The van der Waals surface area contributed by atoms with Crippen LogP contribution in [0.4, 0.5) is 0 Å². The number of rotatable bonds is 3. The molecule has 2 rings (SSSR count). The van der Waals surface area contributed by atoms with Crippen LogP contribution in [0.3, 0.4) is 0 Å². The van der Waals surface area contributed by atoms with Gasteiger partial charge < -0.3 is 10.4 Å². The molecule has 98 valence electrons. The van der Waals surface area contributed by atoms with E-state index in [1.165, 1.54) is 6.07 Å². The first-order valence-electron chi connectivity index (χ1n) is 5.74. The van der Waals surface area contributed by atoms with Gasteiger partial charge in [-0.1, -0.05) is 0 Å². The number of carbonyl (C=O) groups is 1. The fourth-order valence-corrected chi connectivity index (χ4v) is 1.97. The minimum atomic E-state index is -0.206. The summed E-state index contributed by atoms with van der Waals surface area (Å²) in [5.41, 5.74) is 2.51. The number of pyridine rings is 1. The summed E-state index contributed by atoms with van der Waals surface area (Å²) < 4.78 is 0.721. The van der Waals surface area contributed by atoms with Crippen molar-refractivity contribution < 1.29 is 9.90 Å². The molecule has 0 bridgehead atoms. The van der Waals surface area contributed by atoms with Crippen molar-refractivity contribution >= 4 is 28.5 Å². The van der Waals surface area contributed by atoms with Crippen LogP contribution in [-0.2, 0) is 6.54 Å². The van der Waals surface area contributed by atoms with Crippen LogP contribution in [-0.4, -0.2) is 16.0 Å². The topological polar surface area (TPSA) is 62.2 Å². The van der Waals surface area contributed by atoms with E-state index in [0.717, 1.165) is 14.7 Å². The molecule has 0 unspecified atom stereocenters. The highest BCUT2D eigenvalue weighted by Crippen LogP contribution is 2.20. The molecular formula is C14H13IN2O2. The Morgan fingerprint density at radius 3 is 2.89 bits per heavy atom. The summed E-state index contributed by atoms with van der Waals surface area (Å²) in [6.07, 6.45) is 3.46. The Bertz CT molecular complexity index is 614. The molecule has 0 fully saturated rings. The predicted octanol–water partition coefficient (Wildman–Crippen LogP) is 2.63. The van der Waals surface area contributed by atoms with Gasteiger partial charge in [0.15, 0.2) is 0 Å². The molecule has 4 nitrogen and oxygen atoms in total.